The molecule has 7 nitrogen and oxygen atoms in total. The number of amides is 2. The smallest absolute Gasteiger partial charge is 0.278 e. The Hall–Kier alpha value is -1.89. The van der Waals surface area contributed by atoms with E-state index >= 15 is 0 Å². The van der Waals surface area contributed by atoms with Crippen LogP contribution in [0, 0.1) is 0 Å². The number of hydrogen-bond acceptors (Lipinski definition) is 4. The number of nitrogens with two attached hydrogens (primary N) is 1. The summed E-state index contributed by atoms with van der Waals surface area (Å²) < 4.78 is 0. The first-order valence-corrected chi connectivity index (χ1v) is 7.79. The Bertz CT molecular complexity index is 475. The molecule has 0 aromatic heterocycles. The molecule has 2 fully saturated rings. The number of carboxylic acids is 1. The average molecular weight is 309 g/mol. The Kier molecular flexibility index (Phi) is 5.18. The molecule has 2 rings (SSSR count). The molecule has 0 aromatic rings. The molecule has 2 heterocycles. The summed E-state index contributed by atoms with van der Waals surface area (Å²) >= 11 is 0. The Morgan fingerprint density at radius 2 is 1.64 bits per heavy atom. The molecule has 0 saturated carbocycles. The second kappa shape index (κ2) is 6.91. The number of primary amides is 1. The number of carbonyl (C=O) groups is 3. The summed E-state index contributed by atoms with van der Waals surface area (Å²) in [5, 5.41) is 10.4. The quantitative estimate of drug-likeness (QED) is 0.547. The highest BCUT2D eigenvalue weighted by atomic mass is 16.4. The summed E-state index contributed by atoms with van der Waals surface area (Å²) in [6.07, 6.45) is 6.18. The molecule has 0 bridgehead atoms. The Balaban J connectivity index is 2.02. The van der Waals surface area contributed by atoms with Crippen LogP contribution in [0.1, 0.15) is 32.1 Å². The number of rotatable bonds is 4. The van der Waals surface area contributed by atoms with Crippen LogP contribution < -0.4 is 15.7 Å². The highest BCUT2D eigenvalue weighted by molar-refractivity contribution is 5.93. The zero-order chi connectivity index (χ0) is 16.2. The summed E-state index contributed by atoms with van der Waals surface area (Å²) in [6, 6.07) is 0. The minimum absolute atomic E-state index is 0.290. The van der Waals surface area contributed by atoms with E-state index in [2.05, 4.69) is 0 Å². The number of aliphatic carboxylic acids is 1. The first-order chi connectivity index (χ1) is 10.5. The number of nitrogens with zero attached hydrogens (tertiary/aromatic N) is 1. The van der Waals surface area contributed by atoms with E-state index in [1.165, 1.54) is 11.3 Å². The Labute approximate surface area is 129 Å². The van der Waals surface area contributed by atoms with E-state index in [0.29, 0.717) is 25.9 Å². The van der Waals surface area contributed by atoms with Crippen molar-refractivity contribution in [2.75, 3.05) is 26.2 Å². The van der Waals surface area contributed by atoms with Gasteiger partial charge in [-0.15, -0.1) is 0 Å². The molecule has 2 aliphatic rings. The second-order valence-corrected chi connectivity index (χ2v) is 6.09. The largest absolute Gasteiger partial charge is 0.545 e. The van der Waals surface area contributed by atoms with E-state index < -0.39 is 11.5 Å². The van der Waals surface area contributed by atoms with Gasteiger partial charge in [-0.2, -0.15) is 0 Å². The van der Waals surface area contributed by atoms with Crippen LogP contribution in [-0.2, 0) is 14.4 Å². The van der Waals surface area contributed by atoms with Gasteiger partial charge < -0.3 is 25.4 Å². The molecule has 0 atom stereocenters. The number of likely N-dealkylation sites (tertiary alicyclic amines) is 2. The first kappa shape index (κ1) is 16.5. The van der Waals surface area contributed by atoms with Crippen LogP contribution in [0.3, 0.4) is 0 Å². The molecule has 22 heavy (non-hydrogen) atoms. The maximum absolute atomic E-state index is 12.1. The molecular weight excluding hydrogens is 286 g/mol. The Morgan fingerprint density at radius 3 is 2.14 bits per heavy atom. The van der Waals surface area contributed by atoms with Crippen molar-refractivity contribution in [1.29, 1.82) is 0 Å². The molecule has 0 radical (unpaired) electrons. The van der Waals surface area contributed by atoms with Crippen LogP contribution in [0.25, 0.3) is 0 Å². The third kappa shape index (κ3) is 3.47. The van der Waals surface area contributed by atoms with Gasteiger partial charge in [-0.05, 0) is 25.3 Å². The first-order valence-electron chi connectivity index (χ1n) is 7.79. The Morgan fingerprint density at radius 1 is 1.05 bits per heavy atom. The third-order valence-corrected chi connectivity index (χ3v) is 4.90. The number of carboxylic acid groups (broad SMARTS) is 1. The van der Waals surface area contributed by atoms with Crippen molar-refractivity contribution in [1.82, 2.24) is 4.90 Å². The molecule has 3 N–H and O–H groups in total. The highest BCUT2D eigenvalue weighted by Gasteiger charge is 2.49. The number of hydrogen-bond donors (Lipinski definition) is 2. The number of piperidine rings is 2. The van der Waals surface area contributed by atoms with Crippen molar-refractivity contribution in [3.63, 3.8) is 0 Å². The SMILES string of the molecule is NC(=O)C1([NH+]2CCCCC2)CCN(C(=O)/C=C/C(=O)[O-])CC1. The van der Waals surface area contributed by atoms with E-state index in [9.17, 15) is 19.5 Å². The monoisotopic (exact) mass is 309 g/mol. The molecule has 122 valence electrons. The summed E-state index contributed by atoms with van der Waals surface area (Å²) in [6.45, 7) is 2.73. The number of carbonyl (C=O) groups excluding carboxylic acids is 3. The lowest BCUT2D eigenvalue weighted by molar-refractivity contribution is -0.948. The normalized spacial score (nSPS) is 22.6. The van der Waals surface area contributed by atoms with Crippen LogP contribution >= 0.6 is 0 Å². The molecule has 0 unspecified atom stereocenters. The van der Waals surface area contributed by atoms with Crippen molar-refractivity contribution in [3.05, 3.63) is 12.2 Å². The molecule has 7 heteroatoms. The van der Waals surface area contributed by atoms with Gasteiger partial charge in [-0.1, -0.05) is 0 Å². The highest BCUT2D eigenvalue weighted by Crippen LogP contribution is 2.20. The van der Waals surface area contributed by atoms with Gasteiger partial charge in [0.2, 0.25) is 5.91 Å². The van der Waals surface area contributed by atoms with Crippen molar-refractivity contribution < 1.29 is 24.4 Å². The third-order valence-electron chi connectivity index (χ3n) is 4.90. The molecule has 0 aliphatic carbocycles. The summed E-state index contributed by atoms with van der Waals surface area (Å²) in [5.41, 5.74) is 5.10. The fourth-order valence-electron chi connectivity index (χ4n) is 3.58. The predicted octanol–water partition coefficient (Wildman–Crippen LogP) is -2.79. The number of nitrogens with one attached hydrogen (secondary N) is 1. The molecule has 0 spiro atoms. The van der Waals surface area contributed by atoms with Crippen molar-refractivity contribution >= 4 is 17.8 Å². The van der Waals surface area contributed by atoms with E-state index in [0.717, 1.165) is 38.1 Å². The van der Waals surface area contributed by atoms with Crippen LogP contribution in [0.15, 0.2) is 12.2 Å². The second-order valence-electron chi connectivity index (χ2n) is 6.09. The van der Waals surface area contributed by atoms with E-state index in [4.69, 9.17) is 5.73 Å². The van der Waals surface area contributed by atoms with Crippen molar-refractivity contribution in [2.24, 2.45) is 5.73 Å². The van der Waals surface area contributed by atoms with Crippen molar-refractivity contribution in [3.8, 4) is 0 Å². The van der Waals surface area contributed by atoms with Gasteiger partial charge in [-0.25, -0.2) is 0 Å². The van der Waals surface area contributed by atoms with Crippen LogP contribution in [-0.4, -0.2) is 54.4 Å². The van der Waals surface area contributed by atoms with Crippen molar-refractivity contribution in [2.45, 2.75) is 37.6 Å². The summed E-state index contributed by atoms with van der Waals surface area (Å²) in [4.78, 5) is 37.1. The zero-order valence-corrected chi connectivity index (χ0v) is 12.7. The van der Waals surface area contributed by atoms with Gasteiger partial charge >= 0.3 is 0 Å². The maximum atomic E-state index is 12.1. The van der Waals surface area contributed by atoms with Crippen LogP contribution in [0.5, 0.6) is 0 Å². The predicted molar refractivity (Wildman–Crippen MR) is 76.4 cm³/mol. The topological polar surface area (TPSA) is 108 Å². The fraction of sp³-hybridized carbons (Fsp3) is 0.667. The van der Waals surface area contributed by atoms with Crippen LogP contribution in [0.2, 0.25) is 0 Å². The summed E-state index contributed by atoms with van der Waals surface area (Å²) in [5.74, 6) is -2.05. The fourth-order valence-corrected chi connectivity index (χ4v) is 3.58. The lowest BCUT2D eigenvalue weighted by atomic mass is 9.83. The van der Waals surface area contributed by atoms with Gasteiger partial charge in [0, 0.05) is 32.0 Å². The molecule has 0 aromatic carbocycles. The lowest BCUT2D eigenvalue weighted by Gasteiger charge is -2.45. The van der Waals surface area contributed by atoms with Gasteiger partial charge in [0.25, 0.3) is 5.91 Å². The molecular formula is C15H23N3O4. The molecule has 2 aliphatic heterocycles. The van der Waals surface area contributed by atoms with Gasteiger partial charge in [-0.3, -0.25) is 9.59 Å². The molecule has 2 saturated heterocycles. The maximum Gasteiger partial charge on any atom is 0.278 e. The minimum Gasteiger partial charge on any atom is -0.545 e. The van der Waals surface area contributed by atoms with Gasteiger partial charge in [0.1, 0.15) is 0 Å². The minimum atomic E-state index is -1.39. The lowest BCUT2D eigenvalue weighted by Crippen LogP contribution is -3.22. The van der Waals surface area contributed by atoms with E-state index in [1.807, 2.05) is 0 Å². The average Bonchev–Trinajstić information content (AvgIpc) is 2.53. The van der Waals surface area contributed by atoms with E-state index in [1.54, 1.807) is 4.90 Å². The summed E-state index contributed by atoms with van der Waals surface area (Å²) in [7, 11) is 0. The van der Waals surface area contributed by atoms with Gasteiger partial charge in [0.05, 0.1) is 19.1 Å². The van der Waals surface area contributed by atoms with E-state index in [-0.39, 0.29) is 11.8 Å². The molecule has 2 amide bonds. The van der Waals surface area contributed by atoms with Gasteiger partial charge in [0.15, 0.2) is 5.54 Å². The standard InChI is InChI=1S/C15H23N3O4/c16-14(22)15(18-8-2-1-3-9-18)6-10-17(11-7-15)12(19)4-5-13(20)21/h4-5H,1-3,6-11H2,(H2,16,22)(H,20,21)/b5-4+. The zero-order valence-electron chi connectivity index (χ0n) is 12.7. The van der Waals surface area contributed by atoms with Crippen LogP contribution in [0.4, 0.5) is 0 Å². The number of quaternary nitrogens is 1.